The molecular weight excluding hydrogens is 354 g/mol. The third-order valence-electron chi connectivity index (χ3n) is 5.70. The second-order valence-corrected chi connectivity index (χ2v) is 7.43. The van der Waals surface area contributed by atoms with Crippen LogP contribution in [0.5, 0.6) is 5.75 Å². The molecule has 2 aliphatic heterocycles. The largest absolute Gasteiger partial charge is 0.497 e. The van der Waals surface area contributed by atoms with Gasteiger partial charge in [0.1, 0.15) is 5.75 Å². The summed E-state index contributed by atoms with van der Waals surface area (Å²) in [6.45, 7) is 0.686. The average molecular weight is 379 g/mol. The monoisotopic (exact) mass is 379 g/mol. The number of cyclic esters (lactones) is 1. The van der Waals surface area contributed by atoms with Crippen molar-refractivity contribution in [2.45, 2.75) is 44.2 Å². The van der Waals surface area contributed by atoms with E-state index in [1.54, 1.807) is 13.2 Å². The van der Waals surface area contributed by atoms with E-state index in [1.807, 2.05) is 47.4 Å². The van der Waals surface area contributed by atoms with Crippen LogP contribution in [0.1, 0.15) is 53.2 Å². The van der Waals surface area contributed by atoms with E-state index in [0.717, 1.165) is 42.6 Å². The molecule has 4 rings (SSSR count). The van der Waals surface area contributed by atoms with Crippen LogP contribution in [0.4, 0.5) is 0 Å². The predicted octanol–water partition coefficient (Wildman–Crippen LogP) is 3.92. The molecule has 146 valence electrons. The quantitative estimate of drug-likeness (QED) is 0.759. The zero-order chi connectivity index (χ0) is 19.5. The first-order valence-electron chi connectivity index (χ1n) is 9.90. The third-order valence-corrected chi connectivity index (χ3v) is 5.70. The first kappa shape index (κ1) is 18.5. The van der Waals surface area contributed by atoms with Gasteiger partial charge in [-0.3, -0.25) is 4.79 Å². The molecule has 2 heterocycles. The molecule has 0 N–H and O–H groups in total. The molecule has 0 bridgehead atoms. The highest BCUT2D eigenvalue weighted by molar-refractivity contribution is 5.95. The third kappa shape index (κ3) is 3.61. The van der Waals surface area contributed by atoms with E-state index in [1.165, 1.54) is 0 Å². The van der Waals surface area contributed by atoms with Crippen LogP contribution in [0.25, 0.3) is 0 Å². The molecule has 0 unspecified atom stereocenters. The maximum atomic E-state index is 13.4. The molecular formula is C23H25NO4. The minimum Gasteiger partial charge on any atom is -0.497 e. The van der Waals surface area contributed by atoms with Crippen molar-refractivity contribution in [1.29, 1.82) is 0 Å². The van der Waals surface area contributed by atoms with Crippen LogP contribution in [0, 0.1) is 0 Å². The number of fused-ring (bicyclic) bond motifs is 1. The van der Waals surface area contributed by atoms with Crippen LogP contribution in [0.3, 0.4) is 0 Å². The molecule has 5 nitrogen and oxygen atoms in total. The van der Waals surface area contributed by atoms with Gasteiger partial charge in [0, 0.05) is 13.0 Å². The Labute approximate surface area is 165 Å². The van der Waals surface area contributed by atoms with Gasteiger partial charge in [0.2, 0.25) is 0 Å². The summed E-state index contributed by atoms with van der Waals surface area (Å²) in [5.74, 6) is 0.301. The van der Waals surface area contributed by atoms with Crippen LogP contribution in [0.2, 0.25) is 0 Å². The zero-order valence-corrected chi connectivity index (χ0v) is 16.1. The molecule has 2 aromatic carbocycles. The molecule has 2 aromatic rings. The van der Waals surface area contributed by atoms with Gasteiger partial charge in [0.15, 0.2) is 6.10 Å². The molecule has 1 fully saturated rings. The fourth-order valence-electron chi connectivity index (χ4n) is 4.20. The van der Waals surface area contributed by atoms with Crippen LogP contribution < -0.4 is 4.74 Å². The van der Waals surface area contributed by atoms with Crippen molar-refractivity contribution in [3.63, 3.8) is 0 Å². The van der Waals surface area contributed by atoms with Crippen LogP contribution in [-0.4, -0.2) is 36.5 Å². The summed E-state index contributed by atoms with van der Waals surface area (Å²) < 4.78 is 10.8. The van der Waals surface area contributed by atoms with E-state index < -0.39 is 12.1 Å². The van der Waals surface area contributed by atoms with Crippen molar-refractivity contribution >= 4 is 11.9 Å². The number of esters is 1. The molecule has 0 aliphatic carbocycles. The molecule has 1 saturated heterocycles. The Bertz CT molecular complexity index is 861. The van der Waals surface area contributed by atoms with Crippen molar-refractivity contribution < 1.29 is 19.1 Å². The van der Waals surface area contributed by atoms with Crippen molar-refractivity contribution in [3.05, 3.63) is 65.2 Å². The number of hydrogen-bond donors (Lipinski definition) is 0. The van der Waals surface area contributed by atoms with Gasteiger partial charge in [-0.05, 0) is 42.2 Å². The minimum atomic E-state index is -0.749. The van der Waals surface area contributed by atoms with E-state index in [2.05, 4.69) is 0 Å². The Hall–Kier alpha value is -2.82. The van der Waals surface area contributed by atoms with Gasteiger partial charge in [-0.25, -0.2) is 4.79 Å². The van der Waals surface area contributed by atoms with Crippen molar-refractivity contribution in [2.75, 3.05) is 13.7 Å². The van der Waals surface area contributed by atoms with Gasteiger partial charge in [-0.2, -0.15) is 0 Å². The van der Waals surface area contributed by atoms with E-state index in [0.29, 0.717) is 18.5 Å². The van der Waals surface area contributed by atoms with Gasteiger partial charge in [-0.1, -0.05) is 43.2 Å². The Morgan fingerprint density at radius 2 is 1.86 bits per heavy atom. The number of amides is 1. The second kappa shape index (κ2) is 8.05. The standard InChI is InChI=1S/C23H25NO4/c1-27-18-12-10-16(11-13-18)20-9-3-2-6-14-24(20)22(25)21-15-17-7-4-5-8-19(17)23(26)28-21/h4-5,7-8,10-13,20-21H,2-3,6,9,14-15H2,1H3/t20-,21-/m1/s1. The molecule has 5 heteroatoms. The number of hydrogen-bond acceptors (Lipinski definition) is 4. The van der Waals surface area contributed by atoms with E-state index in [4.69, 9.17) is 9.47 Å². The highest BCUT2D eigenvalue weighted by atomic mass is 16.5. The summed E-state index contributed by atoms with van der Waals surface area (Å²) >= 11 is 0. The molecule has 0 radical (unpaired) electrons. The second-order valence-electron chi connectivity index (χ2n) is 7.43. The summed E-state index contributed by atoms with van der Waals surface area (Å²) in [5.41, 5.74) is 2.54. The van der Waals surface area contributed by atoms with Crippen LogP contribution in [-0.2, 0) is 16.0 Å². The number of ether oxygens (including phenoxy) is 2. The van der Waals surface area contributed by atoms with E-state index in [-0.39, 0.29) is 11.9 Å². The molecule has 0 saturated carbocycles. The zero-order valence-electron chi connectivity index (χ0n) is 16.1. The van der Waals surface area contributed by atoms with Crippen molar-refractivity contribution in [1.82, 2.24) is 4.90 Å². The normalized spacial score (nSPS) is 22.0. The number of likely N-dealkylation sites (tertiary alicyclic amines) is 1. The van der Waals surface area contributed by atoms with Gasteiger partial charge < -0.3 is 14.4 Å². The fourth-order valence-corrected chi connectivity index (χ4v) is 4.20. The van der Waals surface area contributed by atoms with Crippen molar-refractivity contribution in [3.8, 4) is 5.75 Å². The maximum absolute atomic E-state index is 13.4. The lowest BCUT2D eigenvalue weighted by molar-refractivity contribution is -0.143. The summed E-state index contributed by atoms with van der Waals surface area (Å²) in [4.78, 5) is 27.7. The summed E-state index contributed by atoms with van der Waals surface area (Å²) in [6.07, 6.45) is 3.75. The summed E-state index contributed by atoms with van der Waals surface area (Å²) in [6, 6.07) is 15.3. The molecule has 0 aromatic heterocycles. The van der Waals surface area contributed by atoms with Gasteiger partial charge in [0.05, 0.1) is 18.7 Å². The number of carbonyl (C=O) groups is 2. The number of carbonyl (C=O) groups excluding carboxylic acids is 2. The van der Waals surface area contributed by atoms with Gasteiger partial charge in [0.25, 0.3) is 5.91 Å². The molecule has 2 atom stereocenters. The van der Waals surface area contributed by atoms with Gasteiger partial charge >= 0.3 is 5.97 Å². The number of benzene rings is 2. The Morgan fingerprint density at radius 3 is 2.64 bits per heavy atom. The first-order chi connectivity index (χ1) is 13.7. The van der Waals surface area contributed by atoms with Crippen LogP contribution in [0.15, 0.2) is 48.5 Å². The molecule has 1 amide bonds. The smallest absolute Gasteiger partial charge is 0.339 e. The fraction of sp³-hybridized carbons (Fsp3) is 0.391. The maximum Gasteiger partial charge on any atom is 0.339 e. The lowest BCUT2D eigenvalue weighted by Crippen LogP contribution is -2.46. The van der Waals surface area contributed by atoms with Crippen LogP contribution >= 0.6 is 0 Å². The topological polar surface area (TPSA) is 55.8 Å². The highest BCUT2D eigenvalue weighted by Crippen LogP contribution is 2.33. The highest BCUT2D eigenvalue weighted by Gasteiger charge is 2.37. The SMILES string of the molecule is COc1ccc([C@H]2CCCCCN2C(=O)[C@H]2Cc3ccccc3C(=O)O2)cc1. The summed E-state index contributed by atoms with van der Waals surface area (Å²) in [5, 5.41) is 0. The molecule has 0 spiro atoms. The summed E-state index contributed by atoms with van der Waals surface area (Å²) in [7, 11) is 1.64. The lowest BCUT2D eigenvalue weighted by atomic mass is 9.96. The first-order valence-corrected chi connectivity index (χ1v) is 9.90. The molecule has 28 heavy (non-hydrogen) atoms. The predicted molar refractivity (Wildman–Crippen MR) is 105 cm³/mol. The Balaban J connectivity index is 1.59. The Morgan fingerprint density at radius 1 is 1.07 bits per heavy atom. The van der Waals surface area contributed by atoms with E-state index >= 15 is 0 Å². The van der Waals surface area contributed by atoms with Gasteiger partial charge in [-0.15, -0.1) is 0 Å². The molecule has 2 aliphatic rings. The number of rotatable bonds is 3. The average Bonchev–Trinajstić information content (AvgIpc) is 2.99. The minimum absolute atomic E-state index is 0.00298. The lowest BCUT2D eigenvalue weighted by Gasteiger charge is -2.34. The number of methoxy groups -OCH3 is 1. The Kier molecular flexibility index (Phi) is 5.33. The van der Waals surface area contributed by atoms with Crippen molar-refractivity contribution in [2.24, 2.45) is 0 Å². The van der Waals surface area contributed by atoms with E-state index in [9.17, 15) is 9.59 Å². The number of nitrogens with zero attached hydrogens (tertiary/aromatic N) is 1.